The van der Waals surface area contributed by atoms with Gasteiger partial charge >= 0.3 is 0 Å². The molecule has 3 saturated heterocycles. The first-order chi connectivity index (χ1) is 21.3. The molecule has 5 rings (SSSR count). The van der Waals surface area contributed by atoms with E-state index in [0.29, 0.717) is 39.0 Å². The lowest BCUT2D eigenvalue weighted by molar-refractivity contribution is -0.156. The Morgan fingerprint density at radius 3 is 2.27 bits per heavy atom. The number of amides is 3. The van der Waals surface area contributed by atoms with Gasteiger partial charge in [0.2, 0.25) is 17.7 Å². The van der Waals surface area contributed by atoms with Crippen molar-refractivity contribution < 1.29 is 24.2 Å². The van der Waals surface area contributed by atoms with Gasteiger partial charge in [-0.1, -0.05) is 86.2 Å². The fourth-order valence-electron chi connectivity index (χ4n) is 7.74. The fraction of sp³-hybridized carbons (Fsp3) is 0.472. The van der Waals surface area contributed by atoms with E-state index in [1.165, 1.54) is 0 Å². The van der Waals surface area contributed by atoms with Crippen molar-refractivity contribution in [2.45, 2.75) is 69.4 Å². The van der Waals surface area contributed by atoms with Crippen molar-refractivity contribution in [3.05, 3.63) is 97.1 Å². The zero-order valence-electron chi connectivity index (χ0n) is 25.9. The van der Waals surface area contributed by atoms with E-state index in [2.05, 4.69) is 20.1 Å². The molecular formula is C36H45N3O5. The lowest BCUT2D eigenvalue weighted by Crippen LogP contribution is -2.57. The van der Waals surface area contributed by atoms with Gasteiger partial charge in [-0.3, -0.25) is 14.4 Å². The maximum Gasteiger partial charge on any atom is 0.248 e. The molecule has 0 aromatic heterocycles. The van der Waals surface area contributed by atoms with Crippen LogP contribution in [0.25, 0.3) is 0 Å². The van der Waals surface area contributed by atoms with Gasteiger partial charge in [0, 0.05) is 26.2 Å². The number of fused-ring (bicyclic) bond motifs is 1. The monoisotopic (exact) mass is 599 g/mol. The maximum absolute atomic E-state index is 14.8. The number of nitrogens with zero attached hydrogens (tertiary/aromatic N) is 3. The van der Waals surface area contributed by atoms with Gasteiger partial charge < -0.3 is 24.5 Å². The first kappa shape index (κ1) is 31.7. The molecule has 3 aliphatic rings. The molecule has 44 heavy (non-hydrogen) atoms. The van der Waals surface area contributed by atoms with Gasteiger partial charge in [-0.25, -0.2) is 0 Å². The number of hydrogen-bond donors (Lipinski definition) is 1. The molecule has 0 saturated carbocycles. The molecule has 234 valence electrons. The lowest BCUT2D eigenvalue weighted by Gasteiger charge is -2.39. The summed E-state index contributed by atoms with van der Waals surface area (Å²) in [7, 11) is 0. The van der Waals surface area contributed by atoms with E-state index < -0.39 is 35.1 Å². The molecule has 8 heteroatoms. The van der Waals surface area contributed by atoms with E-state index in [1.807, 2.05) is 67.6 Å². The minimum atomic E-state index is -1.19. The van der Waals surface area contributed by atoms with Crippen LogP contribution in [0.4, 0.5) is 0 Å². The number of carbonyl (C=O) groups is 3. The number of hydrogen-bond acceptors (Lipinski definition) is 5. The zero-order chi connectivity index (χ0) is 31.5. The molecule has 3 amide bonds. The van der Waals surface area contributed by atoms with Crippen LogP contribution in [0.3, 0.4) is 0 Å². The summed E-state index contributed by atoms with van der Waals surface area (Å²) in [5, 5.41) is 10.8. The summed E-state index contributed by atoms with van der Waals surface area (Å²) in [6, 6.07) is 17.3. The fourth-order valence-corrected chi connectivity index (χ4v) is 7.74. The summed E-state index contributed by atoms with van der Waals surface area (Å²) in [5.41, 5.74) is -0.405. The van der Waals surface area contributed by atoms with Gasteiger partial charge in [0.05, 0.1) is 30.1 Å². The van der Waals surface area contributed by atoms with Crippen molar-refractivity contribution >= 4 is 17.7 Å². The van der Waals surface area contributed by atoms with E-state index in [4.69, 9.17) is 4.74 Å². The minimum absolute atomic E-state index is 0.182. The topological polar surface area (TPSA) is 90.4 Å². The first-order valence-electron chi connectivity index (χ1n) is 15.8. The molecule has 0 radical (unpaired) electrons. The van der Waals surface area contributed by atoms with Crippen LogP contribution in [-0.4, -0.2) is 81.0 Å². The van der Waals surface area contributed by atoms with Crippen LogP contribution in [-0.2, 0) is 25.7 Å². The van der Waals surface area contributed by atoms with Crippen LogP contribution >= 0.6 is 0 Å². The number of aliphatic hydroxyl groups excluding tert-OH is 1. The largest absolute Gasteiger partial charge is 0.394 e. The minimum Gasteiger partial charge on any atom is -0.394 e. The Morgan fingerprint density at radius 1 is 1.02 bits per heavy atom. The highest BCUT2D eigenvalue weighted by Gasteiger charge is 2.79. The summed E-state index contributed by atoms with van der Waals surface area (Å²) in [4.78, 5) is 49.0. The molecule has 6 atom stereocenters. The van der Waals surface area contributed by atoms with Crippen LogP contribution in [0.2, 0.25) is 0 Å². The SMILES string of the molecule is C=CCN(CCCC)C(=O)C1N([C@H](CO)c2ccccc2)C(=O)[C@@H]2[C@@H](C(=O)N(CC=C)Cc3ccccc3)[C@@]3(C)CCC12O3. The summed E-state index contributed by atoms with van der Waals surface area (Å²) >= 11 is 0. The molecule has 2 unspecified atom stereocenters. The molecule has 2 aromatic carbocycles. The first-order valence-corrected chi connectivity index (χ1v) is 15.8. The molecule has 3 heterocycles. The standard InChI is InChI=1S/C36H45N3O5/c1-5-8-23-37(21-6-2)34(43)31-36-20-19-35(4,44-36)29(32(41)38(22-7-3)24-26-15-11-9-12-16-26)30(36)33(42)39(31)28(25-40)27-17-13-10-14-18-27/h6-7,9-18,28-31,40H,2-3,5,8,19-25H2,1,4H3/t28-,29+,30+,31?,35-,36?/m1/s1. The smallest absolute Gasteiger partial charge is 0.248 e. The van der Waals surface area contributed by atoms with Gasteiger partial charge in [-0.05, 0) is 37.3 Å². The molecule has 8 nitrogen and oxygen atoms in total. The van der Waals surface area contributed by atoms with E-state index in [0.717, 1.165) is 24.0 Å². The molecule has 1 spiro atoms. The summed E-state index contributed by atoms with van der Waals surface area (Å²) in [5.74, 6) is -2.38. The number of rotatable bonds is 14. The molecule has 3 fully saturated rings. The molecule has 1 N–H and O–H groups in total. The Balaban J connectivity index is 1.60. The van der Waals surface area contributed by atoms with Crippen LogP contribution in [0.5, 0.6) is 0 Å². The molecule has 2 bridgehead atoms. The van der Waals surface area contributed by atoms with Crippen molar-refractivity contribution in [3.63, 3.8) is 0 Å². The number of benzene rings is 2. The van der Waals surface area contributed by atoms with Crippen molar-refractivity contribution in [1.29, 1.82) is 0 Å². The van der Waals surface area contributed by atoms with E-state index in [9.17, 15) is 19.5 Å². The zero-order valence-corrected chi connectivity index (χ0v) is 25.9. The average Bonchev–Trinajstić information content (AvgIpc) is 3.60. The highest BCUT2D eigenvalue weighted by molar-refractivity contribution is 5.99. The highest BCUT2D eigenvalue weighted by Crippen LogP contribution is 2.64. The summed E-state index contributed by atoms with van der Waals surface area (Å²) < 4.78 is 6.89. The Morgan fingerprint density at radius 2 is 1.66 bits per heavy atom. The summed E-state index contributed by atoms with van der Waals surface area (Å²) in [6.45, 7) is 12.9. The Hall–Kier alpha value is -3.75. The van der Waals surface area contributed by atoms with E-state index in [-0.39, 0.29) is 24.3 Å². The third-order valence-electron chi connectivity index (χ3n) is 9.73. The Bertz CT molecular complexity index is 1370. The number of carbonyl (C=O) groups excluding carboxylic acids is 3. The lowest BCUT2D eigenvalue weighted by atomic mass is 9.66. The molecule has 3 aliphatic heterocycles. The quantitative estimate of drug-likeness (QED) is 0.323. The maximum atomic E-state index is 14.8. The van der Waals surface area contributed by atoms with E-state index >= 15 is 0 Å². The number of likely N-dealkylation sites (tertiary alicyclic amines) is 1. The van der Waals surface area contributed by atoms with Gasteiger partial charge in [0.15, 0.2) is 0 Å². The second kappa shape index (κ2) is 13.1. The molecule has 0 aliphatic carbocycles. The molecule has 2 aromatic rings. The van der Waals surface area contributed by atoms with Gasteiger partial charge in [0.25, 0.3) is 0 Å². The second-order valence-electron chi connectivity index (χ2n) is 12.5. The van der Waals surface area contributed by atoms with E-state index in [1.54, 1.807) is 26.9 Å². The predicted octanol–water partition coefficient (Wildman–Crippen LogP) is 4.51. The number of ether oxygens (including phenoxy) is 1. The Labute approximate surface area is 261 Å². The van der Waals surface area contributed by atoms with Gasteiger partial charge in [-0.2, -0.15) is 0 Å². The highest BCUT2D eigenvalue weighted by atomic mass is 16.5. The summed E-state index contributed by atoms with van der Waals surface area (Å²) in [6.07, 6.45) is 6.11. The van der Waals surface area contributed by atoms with Crippen LogP contribution in [0.15, 0.2) is 86.0 Å². The van der Waals surface area contributed by atoms with Gasteiger partial charge in [0.1, 0.15) is 11.6 Å². The van der Waals surface area contributed by atoms with Crippen LogP contribution in [0.1, 0.15) is 56.7 Å². The van der Waals surface area contributed by atoms with Crippen LogP contribution < -0.4 is 0 Å². The third kappa shape index (κ3) is 5.39. The van der Waals surface area contributed by atoms with Crippen molar-refractivity contribution in [2.24, 2.45) is 11.8 Å². The van der Waals surface area contributed by atoms with Crippen LogP contribution in [0, 0.1) is 11.8 Å². The van der Waals surface area contributed by atoms with Crippen molar-refractivity contribution in [3.8, 4) is 0 Å². The van der Waals surface area contributed by atoms with Gasteiger partial charge in [-0.15, -0.1) is 13.2 Å². The van der Waals surface area contributed by atoms with Crippen molar-refractivity contribution in [1.82, 2.24) is 14.7 Å². The predicted molar refractivity (Wildman–Crippen MR) is 169 cm³/mol. The third-order valence-corrected chi connectivity index (χ3v) is 9.73. The number of aliphatic hydroxyl groups is 1. The van der Waals surface area contributed by atoms with Crippen molar-refractivity contribution in [2.75, 3.05) is 26.2 Å². The Kier molecular flexibility index (Phi) is 9.42. The average molecular weight is 600 g/mol. The number of unbranched alkanes of at least 4 members (excludes halogenated alkanes) is 1. The second-order valence-corrected chi connectivity index (χ2v) is 12.5. The molecular weight excluding hydrogens is 554 g/mol. The normalized spacial score (nSPS) is 27.6.